The summed E-state index contributed by atoms with van der Waals surface area (Å²) in [5, 5.41) is 4.46. The number of nitrogens with one attached hydrogen (secondary N) is 1. The molecular weight excluding hydrogens is 412 g/mol. The highest BCUT2D eigenvalue weighted by Gasteiger charge is 2.40. The summed E-state index contributed by atoms with van der Waals surface area (Å²) in [6.45, 7) is 3.74. The topological polar surface area (TPSA) is 99.3 Å². The van der Waals surface area contributed by atoms with E-state index in [1.165, 1.54) is 0 Å². The molecule has 2 saturated heterocycles. The standard InChI is InChI=1S/C23H26N4O5/c1-2-32-23(31)26-14-12-25(13-15-26)20(28)11-10-18-21(29)27(22(30)24-18)19-9-5-7-16-6-3-4-8-17(16)19/h3-9,18H,2,10-15H2,1H3,(H,24,30)/t18-/m1/s1. The number of rotatable bonds is 5. The first-order chi connectivity index (χ1) is 15.5. The summed E-state index contributed by atoms with van der Waals surface area (Å²) < 4.78 is 4.99. The first-order valence-electron chi connectivity index (χ1n) is 10.8. The van der Waals surface area contributed by atoms with Gasteiger partial charge in [-0.25, -0.2) is 14.5 Å². The smallest absolute Gasteiger partial charge is 0.409 e. The fraction of sp³-hybridized carbons (Fsp3) is 0.391. The SMILES string of the molecule is CCOC(=O)N1CCN(C(=O)CC[C@H]2NC(=O)N(c3cccc4ccccc34)C2=O)CC1. The Morgan fingerprint density at radius 1 is 1.00 bits per heavy atom. The van der Waals surface area contributed by atoms with E-state index < -0.39 is 12.1 Å². The fourth-order valence-corrected chi connectivity index (χ4v) is 4.14. The average Bonchev–Trinajstić information content (AvgIpc) is 3.10. The van der Waals surface area contributed by atoms with E-state index in [-0.39, 0.29) is 30.7 Å². The molecule has 1 N–H and O–H groups in total. The van der Waals surface area contributed by atoms with Gasteiger partial charge in [0.2, 0.25) is 5.91 Å². The number of hydrogen-bond donors (Lipinski definition) is 1. The zero-order chi connectivity index (χ0) is 22.7. The zero-order valence-electron chi connectivity index (χ0n) is 18.0. The molecular formula is C23H26N4O5. The van der Waals surface area contributed by atoms with Crippen LogP contribution in [-0.4, -0.2) is 72.6 Å². The maximum absolute atomic E-state index is 13.0. The first-order valence-corrected chi connectivity index (χ1v) is 10.8. The summed E-state index contributed by atoms with van der Waals surface area (Å²) >= 11 is 0. The summed E-state index contributed by atoms with van der Waals surface area (Å²) in [5.41, 5.74) is 0.537. The van der Waals surface area contributed by atoms with Crippen LogP contribution >= 0.6 is 0 Å². The van der Waals surface area contributed by atoms with Crippen LogP contribution in [0.2, 0.25) is 0 Å². The maximum Gasteiger partial charge on any atom is 0.409 e. The third-order valence-electron chi connectivity index (χ3n) is 5.83. The molecule has 32 heavy (non-hydrogen) atoms. The predicted octanol–water partition coefficient (Wildman–Crippen LogP) is 2.35. The normalized spacial score (nSPS) is 18.8. The second kappa shape index (κ2) is 9.25. The highest BCUT2D eigenvalue weighted by molar-refractivity contribution is 6.24. The number of urea groups is 1. The molecule has 0 aromatic heterocycles. The molecule has 5 amide bonds. The largest absolute Gasteiger partial charge is 0.450 e. The minimum absolute atomic E-state index is 0.0980. The van der Waals surface area contributed by atoms with Gasteiger partial charge in [0.15, 0.2) is 0 Å². The number of ether oxygens (including phenoxy) is 1. The second-order valence-corrected chi connectivity index (χ2v) is 7.78. The highest BCUT2D eigenvalue weighted by atomic mass is 16.6. The Bertz CT molecular complexity index is 1040. The molecule has 1 atom stereocenters. The number of fused-ring (bicyclic) bond motifs is 1. The van der Waals surface area contributed by atoms with E-state index in [4.69, 9.17) is 4.74 Å². The fourth-order valence-electron chi connectivity index (χ4n) is 4.14. The van der Waals surface area contributed by atoms with Gasteiger partial charge in [0.25, 0.3) is 5.91 Å². The van der Waals surface area contributed by atoms with Gasteiger partial charge in [-0.3, -0.25) is 9.59 Å². The van der Waals surface area contributed by atoms with Crippen molar-refractivity contribution in [1.82, 2.24) is 15.1 Å². The van der Waals surface area contributed by atoms with Gasteiger partial charge in [-0.2, -0.15) is 0 Å². The Labute approximate surface area is 185 Å². The zero-order valence-corrected chi connectivity index (χ0v) is 18.0. The molecule has 2 aromatic rings. The predicted molar refractivity (Wildman–Crippen MR) is 118 cm³/mol. The Balaban J connectivity index is 1.35. The van der Waals surface area contributed by atoms with Gasteiger partial charge in [0.05, 0.1) is 12.3 Å². The molecule has 2 aliphatic rings. The lowest BCUT2D eigenvalue weighted by Crippen LogP contribution is -2.50. The van der Waals surface area contributed by atoms with Crippen LogP contribution < -0.4 is 10.2 Å². The quantitative estimate of drug-likeness (QED) is 0.723. The number of hydrogen-bond acceptors (Lipinski definition) is 5. The van der Waals surface area contributed by atoms with Crippen LogP contribution in [0, 0.1) is 0 Å². The number of carbonyl (C=O) groups excluding carboxylic acids is 4. The molecule has 9 nitrogen and oxygen atoms in total. The molecule has 9 heteroatoms. The van der Waals surface area contributed by atoms with Crippen LogP contribution in [0.15, 0.2) is 42.5 Å². The number of amides is 5. The minimum Gasteiger partial charge on any atom is -0.450 e. The molecule has 2 aliphatic heterocycles. The van der Waals surface area contributed by atoms with Gasteiger partial charge in [0, 0.05) is 38.0 Å². The molecule has 0 radical (unpaired) electrons. The van der Waals surface area contributed by atoms with E-state index in [2.05, 4.69) is 5.32 Å². The highest BCUT2D eigenvalue weighted by Crippen LogP contribution is 2.29. The first kappa shape index (κ1) is 21.6. The summed E-state index contributed by atoms with van der Waals surface area (Å²) in [5.74, 6) is -0.453. The van der Waals surface area contributed by atoms with E-state index in [0.717, 1.165) is 15.7 Å². The summed E-state index contributed by atoms with van der Waals surface area (Å²) in [6.07, 6.45) is -0.00483. The van der Waals surface area contributed by atoms with Crippen molar-refractivity contribution in [2.75, 3.05) is 37.7 Å². The molecule has 0 unspecified atom stereocenters. The van der Waals surface area contributed by atoms with E-state index >= 15 is 0 Å². The Morgan fingerprint density at radius 3 is 2.44 bits per heavy atom. The van der Waals surface area contributed by atoms with Gasteiger partial charge >= 0.3 is 12.1 Å². The number of carbonyl (C=O) groups is 4. The molecule has 2 aromatic carbocycles. The molecule has 0 aliphatic carbocycles. The van der Waals surface area contributed by atoms with Crippen molar-refractivity contribution in [3.8, 4) is 0 Å². The van der Waals surface area contributed by atoms with E-state index in [0.29, 0.717) is 38.5 Å². The minimum atomic E-state index is -0.744. The number of piperazine rings is 1. The lowest BCUT2D eigenvalue weighted by molar-refractivity contribution is -0.133. The summed E-state index contributed by atoms with van der Waals surface area (Å²) in [6, 6.07) is 11.8. The van der Waals surface area contributed by atoms with Gasteiger partial charge in [0.1, 0.15) is 6.04 Å². The van der Waals surface area contributed by atoms with E-state index in [9.17, 15) is 19.2 Å². The Morgan fingerprint density at radius 2 is 1.69 bits per heavy atom. The van der Waals surface area contributed by atoms with Gasteiger partial charge in [-0.15, -0.1) is 0 Å². The van der Waals surface area contributed by atoms with Crippen molar-refractivity contribution >= 4 is 40.4 Å². The Kier molecular flexibility index (Phi) is 6.25. The third kappa shape index (κ3) is 4.23. The van der Waals surface area contributed by atoms with Crippen molar-refractivity contribution in [1.29, 1.82) is 0 Å². The van der Waals surface area contributed by atoms with Crippen LogP contribution in [0.3, 0.4) is 0 Å². The maximum atomic E-state index is 13.0. The van der Waals surface area contributed by atoms with Crippen molar-refractivity contribution in [2.24, 2.45) is 0 Å². The average molecular weight is 438 g/mol. The molecule has 2 heterocycles. The third-order valence-corrected chi connectivity index (χ3v) is 5.83. The van der Waals surface area contributed by atoms with Gasteiger partial charge < -0.3 is 19.9 Å². The molecule has 4 rings (SSSR count). The molecule has 2 fully saturated rings. The van der Waals surface area contributed by atoms with Gasteiger partial charge in [-0.1, -0.05) is 36.4 Å². The number of nitrogens with zero attached hydrogens (tertiary/aromatic N) is 3. The summed E-state index contributed by atoms with van der Waals surface area (Å²) in [7, 11) is 0. The lowest BCUT2D eigenvalue weighted by atomic mass is 10.1. The van der Waals surface area contributed by atoms with Crippen LogP contribution in [0.4, 0.5) is 15.3 Å². The monoisotopic (exact) mass is 438 g/mol. The van der Waals surface area contributed by atoms with Crippen LogP contribution in [0.25, 0.3) is 10.8 Å². The number of benzene rings is 2. The van der Waals surface area contributed by atoms with E-state index in [1.807, 2.05) is 36.4 Å². The van der Waals surface area contributed by atoms with E-state index in [1.54, 1.807) is 22.8 Å². The van der Waals surface area contributed by atoms with Crippen LogP contribution in [0.5, 0.6) is 0 Å². The second-order valence-electron chi connectivity index (χ2n) is 7.78. The van der Waals surface area contributed by atoms with Crippen LogP contribution in [0.1, 0.15) is 19.8 Å². The van der Waals surface area contributed by atoms with Gasteiger partial charge in [-0.05, 0) is 24.8 Å². The summed E-state index contributed by atoms with van der Waals surface area (Å²) in [4.78, 5) is 54.4. The molecule has 0 spiro atoms. The van der Waals surface area contributed by atoms with Crippen LogP contribution in [-0.2, 0) is 14.3 Å². The number of imide groups is 1. The molecule has 168 valence electrons. The molecule has 0 saturated carbocycles. The van der Waals surface area contributed by atoms with Crippen molar-refractivity contribution in [2.45, 2.75) is 25.8 Å². The van der Waals surface area contributed by atoms with Crippen molar-refractivity contribution < 1.29 is 23.9 Å². The molecule has 0 bridgehead atoms. The Hall–Kier alpha value is -3.62. The lowest BCUT2D eigenvalue weighted by Gasteiger charge is -2.34. The number of anilines is 1. The van der Waals surface area contributed by atoms with Crippen molar-refractivity contribution in [3.63, 3.8) is 0 Å². The van der Waals surface area contributed by atoms with Crippen molar-refractivity contribution in [3.05, 3.63) is 42.5 Å².